The molecule has 0 radical (unpaired) electrons. The summed E-state index contributed by atoms with van der Waals surface area (Å²) in [6.45, 7) is 2.10. The molecule has 0 spiro atoms. The van der Waals surface area contributed by atoms with Crippen LogP contribution in [-0.2, 0) is 22.9 Å². The van der Waals surface area contributed by atoms with Crippen LogP contribution in [0.4, 0.5) is 6.01 Å². The monoisotopic (exact) mass is 440 g/mol. The van der Waals surface area contributed by atoms with Crippen LogP contribution in [0.25, 0.3) is 0 Å². The van der Waals surface area contributed by atoms with E-state index in [-0.39, 0.29) is 17.0 Å². The van der Waals surface area contributed by atoms with Crippen molar-refractivity contribution >= 4 is 21.9 Å². The summed E-state index contributed by atoms with van der Waals surface area (Å²) in [6, 6.07) is 14.0. The van der Waals surface area contributed by atoms with Crippen molar-refractivity contribution in [1.82, 2.24) is 14.5 Å². The minimum Gasteiger partial charge on any atom is -0.407 e. The Bertz CT molecular complexity index is 1170. The van der Waals surface area contributed by atoms with Gasteiger partial charge in [-0.15, -0.1) is 5.10 Å². The molecule has 0 bridgehead atoms. The first-order chi connectivity index (χ1) is 14.9. The summed E-state index contributed by atoms with van der Waals surface area (Å²) in [4.78, 5) is 12.6. The van der Waals surface area contributed by atoms with Crippen LogP contribution in [0.5, 0.6) is 0 Å². The number of carbonyl (C=O) groups excluding carboxylic acids is 1. The Labute approximate surface area is 181 Å². The molecule has 162 valence electrons. The maximum absolute atomic E-state index is 12.6. The normalized spacial score (nSPS) is 14.0. The van der Waals surface area contributed by atoms with Gasteiger partial charge >= 0.3 is 6.01 Å². The Morgan fingerprint density at radius 2 is 1.71 bits per heavy atom. The standard InChI is InChI=1S/C22H24N4O4S/c1-3-15-4-6-16(7-5-15)14-20-24-25-22(30-20)23-21(27)17-8-12-19(13-9-17)31(28,29)26(2)18-10-11-18/h4-9,12-13,18H,3,10-11,14H2,1-2H3,(H,23,25,27). The van der Waals surface area contributed by atoms with Crippen molar-refractivity contribution in [1.29, 1.82) is 0 Å². The maximum Gasteiger partial charge on any atom is 0.322 e. The number of rotatable bonds is 8. The van der Waals surface area contributed by atoms with Crippen LogP contribution in [-0.4, -0.2) is 41.9 Å². The second kappa shape index (κ2) is 8.60. The molecule has 4 rings (SSSR count). The molecule has 0 aliphatic heterocycles. The van der Waals surface area contributed by atoms with E-state index in [1.54, 1.807) is 7.05 Å². The largest absolute Gasteiger partial charge is 0.407 e. The highest BCUT2D eigenvalue weighted by molar-refractivity contribution is 7.89. The lowest BCUT2D eigenvalue weighted by Crippen LogP contribution is -2.29. The van der Waals surface area contributed by atoms with Gasteiger partial charge in [-0.1, -0.05) is 36.3 Å². The third-order valence-electron chi connectivity index (χ3n) is 5.33. The number of aryl methyl sites for hydroxylation is 1. The lowest BCUT2D eigenvalue weighted by Gasteiger charge is -2.16. The van der Waals surface area contributed by atoms with Crippen LogP contribution in [0.3, 0.4) is 0 Å². The van der Waals surface area contributed by atoms with Gasteiger partial charge in [0.1, 0.15) is 0 Å². The van der Waals surface area contributed by atoms with E-state index in [2.05, 4.69) is 34.6 Å². The van der Waals surface area contributed by atoms with E-state index in [0.717, 1.165) is 24.8 Å². The van der Waals surface area contributed by atoms with Gasteiger partial charge in [0.05, 0.1) is 11.3 Å². The van der Waals surface area contributed by atoms with Gasteiger partial charge in [0.2, 0.25) is 15.9 Å². The molecule has 1 fully saturated rings. The zero-order valence-electron chi connectivity index (χ0n) is 17.4. The highest BCUT2D eigenvalue weighted by Crippen LogP contribution is 2.30. The first kappa shape index (κ1) is 21.2. The van der Waals surface area contributed by atoms with E-state index in [0.29, 0.717) is 17.9 Å². The van der Waals surface area contributed by atoms with Crippen LogP contribution in [0.15, 0.2) is 57.8 Å². The molecule has 1 aromatic heterocycles. The number of hydrogen-bond donors (Lipinski definition) is 1. The predicted octanol–water partition coefficient (Wildman–Crippen LogP) is 3.26. The van der Waals surface area contributed by atoms with Crippen molar-refractivity contribution in [3.05, 3.63) is 71.1 Å². The number of nitrogens with one attached hydrogen (secondary N) is 1. The fourth-order valence-corrected chi connectivity index (χ4v) is 4.61. The molecule has 1 aliphatic carbocycles. The number of nitrogens with zero attached hydrogens (tertiary/aromatic N) is 3. The van der Waals surface area contributed by atoms with E-state index in [4.69, 9.17) is 4.42 Å². The van der Waals surface area contributed by atoms with Crippen molar-refractivity contribution in [2.75, 3.05) is 12.4 Å². The minimum atomic E-state index is -3.55. The summed E-state index contributed by atoms with van der Waals surface area (Å²) in [5, 5.41) is 10.4. The first-order valence-corrected chi connectivity index (χ1v) is 11.6. The van der Waals surface area contributed by atoms with Gasteiger partial charge in [0.15, 0.2) is 0 Å². The summed E-state index contributed by atoms with van der Waals surface area (Å²) >= 11 is 0. The SMILES string of the molecule is CCc1ccc(Cc2nnc(NC(=O)c3ccc(S(=O)(=O)N(C)C4CC4)cc3)o2)cc1. The lowest BCUT2D eigenvalue weighted by atomic mass is 10.1. The highest BCUT2D eigenvalue weighted by atomic mass is 32.2. The smallest absolute Gasteiger partial charge is 0.322 e. The summed E-state index contributed by atoms with van der Waals surface area (Å²) in [7, 11) is -1.97. The van der Waals surface area contributed by atoms with Crippen molar-refractivity contribution in [2.45, 2.75) is 43.5 Å². The van der Waals surface area contributed by atoms with Crippen molar-refractivity contribution in [3.8, 4) is 0 Å². The van der Waals surface area contributed by atoms with Gasteiger partial charge in [0.25, 0.3) is 5.91 Å². The van der Waals surface area contributed by atoms with Crippen LogP contribution in [0, 0.1) is 0 Å². The van der Waals surface area contributed by atoms with Gasteiger partial charge in [-0.05, 0) is 54.7 Å². The Morgan fingerprint density at radius 3 is 2.32 bits per heavy atom. The van der Waals surface area contributed by atoms with Crippen LogP contribution in [0.2, 0.25) is 0 Å². The molecular weight excluding hydrogens is 416 g/mol. The number of hydrogen-bond acceptors (Lipinski definition) is 6. The zero-order valence-corrected chi connectivity index (χ0v) is 18.2. The van der Waals surface area contributed by atoms with Crippen molar-refractivity contribution in [3.63, 3.8) is 0 Å². The van der Waals surface area contributed by atoms with Crippen LogP contribution < -0.4 is 5.32 Å². The fraction of sp³-hybridized carbons (Fsp3) is 0.318. The average molecular weight is 441 g/mol. The second-order valence-electron chi connectivity index (χ2n) is 7.58. The van der Waals surface area contributed by atoms with E-state index in [1.807, 2.05) is 12.1 Å². The van der Waals surface area contributed by atoms with Crippen LogP contribution in [0.1, 0.15) is 47.1 Å². The third kappa shape index (κ3) is 4.83. The predicted molar refractivity (Wildman–Crippen MR) is 115 cm³/mol. The zero-order chi connectivity index (χ0) is 22.0. The molecule has 1 N–H and O–H groups in total. The molecule has 1 heterocycles. The van der Waals surface area contributed by atoms with Crippen molar-refractivity contribution < 1.29 is 17.6 Å². The van der Waals surface area contributed by atoms with Crippen LogP contribution >= 0.6 is 0 Å². The topological polar surface area (TPSA) is 105 Å². The summed E-state index contributed by atoms with van der Waals surface area (Å²) < 4.78 is 32.0. The Morgan fingerprint density at radius 1 is 1.06 bits per heavy atom. The number of amides is 1. The second-order valence-corrected chi connectivity index (χ2v) is 9.58. The lowest BCUT2D eigenvalue weighted by molar-refractivity contribution is 0.102. The Balaban J connectivity index is 1.39. The number of benzene rings is 2. The molecule has 0 unspecified atom stereocenters. The molecule has 8 nitrogen and oxygen atoms in total. The molecule has 31 heavy (non-hydrogen) atoms. The van der Waals surface area contributed by atoms with E-state index in [9.17, 15) is 13.2 Å². The molecule has 3 aromatic rings. The maximum atomic E-state index is 12.6. The summed E-state index contributed by atoms with van der Waals surface area (Å²) in [5.41, 5.74) is 2.58. The fourth-order valence-electron chi connectivity index (χ4n) is 3.19. The molecular formula is C22H24N4O4S. The van der Waals surface area contributed by atoms with Gasteiger partial charge < -0.3 is 4.42 Å². The third-order valence-corrected chi connectivity index (χ3v) is 7.25. The quantitative estimate of drug-likeness (QED) is 0.576. The van der Waals surface area contributed by atoms with Gasteiger partial charge in [-0.2, -0.15) is 4.31 Å². The number of carbonyl (C=O) groups is 1. The molecule has 0 saturated heterocycles. The van der Waals surface area contributed by atoms with Gasteiger partial charge in [0, 0.05) is 18.7 Å². The van der Waals surface area contributed by atoms with Crippen molar-refractivity contribution in [2.24, 2.45) is 0 Å². The molecule has 1 aliphatic rings. The number of aromatic nitrogens is 2. The summed E-state index contributed by atoms with van der Waals surface area (Å²) in [5.74, 6) is -0.0638. The van der Waals surface area contributed by atoms with E-state index in [1.165, 1.54) is 34.1 Å². The Kier molecular flexibility index (Phi) is 5.88. The Hall–Kier alpha value is -3.04. The van der Waals surface area contributed by atoms with E-state index >= 15 is 0 Å². The molecule has 1 saturated carbocycles. The molecule has 9 heteroatoms. The average Bonchev–Trinajstić information content (AvgIpc) is 3.54. The minimum absolute atomic E-state index is 0.00431. The number of sulfonamides is 1. The molecule has 1 amide bonds. The molecule has 2 aromatic carbocycles. The van der Waals surface area contributed by atoms with Gasteiger partial charge in [-0.3, -0.25) is 10.1 Å². The summed E-state index contributed by atoms with van der Waals surface area (Å²) in [6.07, 6.45) is 3.20. The number of anilines is 1. The van der Waals surface area contributed by atoms with Gasteiger partial charge in [-0.25, -0.2) is 8.42 Å². The molecule has 0 atom stereocenters. The van der Waals surface area contributed by atoms with E-state index < -0.39 is 15.9 Å². The first-order valence-electron chi connectivity index (χ1n) is 10.2. The highest BCUT2D eigenvalue weighted by Gasteiger charge is 2.35.